The number of thioether (sulfide) groups is 1. The number of esters is 2. The van der Waals surface area contributed by atoms with E-state index in [2.05, 4.69) is 5.32 Å². The number of carbonyl (C=O) groups is 4. The van der Waals surface area contributed by atoms with E-state index in [-0.39, 0.29) is 6.10 Å². The summed E-state index contributed by atoms with van der Waals surface area (Å²) in [5.74, 6) is -1.59. The van der Waals surface area contributed by atoms with Crippen molar-refractivity contribution in [2.45, 2.75) is 72.3 Å². The average Bonchev–Trinajstić information content (AvgIpc) is 2.41. The Balaban J connectivity index is 4.86. The van der Waals surface area contributed by atoms with Crippen LogP contribution < -0.4 is 5.32 Å². The number of amides is 1. The molecule has 0 radical (unpaired) electrons. The second-order valence-corrected chi connectivity index (χ2v) is 9.11. The van der Waals surface area contributed by atoms with E-state index in [0.717, 1.165) is 0 Å². The van der Waals surface area contributed by atoms with E-state index >= 15 is 0 Å². The summed E-state index contributed by atoms with van der Waals surface area (Å²) >= 11 is 0.699. The van der Waals surface area contributed by atoms with E-state index in [4.69, 9.17) is 14.2 Å². The summed E-state index contributed by atoms with van der Waals surface area (Å²) in [5.41, 5.74) is -0.712. The Morgan fingerprint density at radius 2 is 1.54 bits per heavy atom. The van der Waals surface area contributed by atoms with Gasteiger partial charge in [0.05, 0.1) is 16.3 Å². The van der Waals surface area contributed by atoms with Crippen LogP contribution in [0, 0.1) is 5.41 Å². The fourth-order valence-electron chi connectivity index (χ4n) is 1.67. The molecule has 0 rings (SSSR count). The Kier molecular flexibility index (Phi) is 9.13. The molecular weight excluding hydrogens is 362 g/mol. The molecule has 0 unspecified atom stereocenters. The Morgan fingerprint density at radius 3 is 1.96 bits per heavy atom. The van der Waals surface area contributed by atoms with Crippen molar-refractivity contribution in [3.05, 3.63) is 0 Å². The standard InChI is InChI=1S/C17H29NO7S/c1-10(2)25-13(20)12(18-11(3)19)17(7,8)26-15(22)24-9-23-14(21)16(4,5)6/h10,12H,9H2,1-8H3,(H,18,19)/t12-/m0/s1. The first-order valence-electron chi connectivity index (χ1n) is 8.17. The fourth-order valence-corrected chi connectivity index (χ4v) is 2.48. The van der Waals surface area contributed by atoms with Crippen molar-refractivity contribution >= 4 is 34.9 Å². The molecule has 1 atom stereocenters. The molecular formula is C17H29NO7S. The van der Waals surface area contributed by atoms with Gasteiger partial charge in [0.1, 0.15) is 6.04 Å². The molecule has 0 heterocycles. The number of carbonyl (C=O) groups excluding carboxylic acids is 4. The zero-order chi connectivity index (χ0) is 20.7. The van der Waals surface area contributed by atoms with Crippen LogP contribution in [0.2, 0.25) is 0 Å². The summed E-state index contributed by atoms with van der Waals surface area (Å²) in [6, 6.07) is -1.06. The van der Waals surface area contributed by atoms with Crippen LogP contribution in [0.5, 0.6) is 0 Å². The van der Waals surface area contributed by atoms with Crippen LogP contribution >= 0.6 is 11.8 Å². The highest BCUT2D eigenvalue weighted by molar-refractivity contribution is 8.14. The van der Waals surface area contributed by atoms with Gasteiger partial charge in [-0.15, -0.1) is 0 Å². The maximum absolute atomic E-state index is 12.3. The normalized spacial score (nSPS) is 13.0. The summed E-state index contributed by atoms with van der Waals surface area (Å²) in [4.78, 5) is 47.3. The summed E-state index contributed by atoms with van der Waals surface area (Å²) in [6.07, 6.45) is -0.372. The van der Waals surface area contributed by atoms with Gasteiger partial charge in [-0.1, -0.05) is 0 Å². The second-order valence-electron chi connectivity index (χ2n) is 7.52. The van der Waals surface area contributed by atoms with Gasteiger partial charge in [0, 0.05) is 6.92 Å². The van der Waals surface area contributed by atoms with Crippen LogP contribution in [0.15, 0.2) is 0 Å². The molecule has 1 amide bonds. The zero-order valence-corrected chi connectivity index (χ0v) is 17.4. The number of ether oxygens (including phenoxy) is 3. The van der Waals surface area contributed by atoms with Crippen LogP contribution in [0.25, 0.3) is 0 Å². The van der Waals surface area contributed by atoms with Gasteiger partial charge < -0.3 is 19.5 Å². The Bertz CT molecular complexity index is 538. The van der Waals surface area contributed by atoms with Crippen molar-refractivity contribution in [1.29, 1.82) is 0 Å². The first-order chi connectivity index (χ1) is 11.7. The molecule has 0 aromatic carbocycles. The summed E-state index contributed by atoms with van der Waals surface area (Å²) in [6.45, 7) is 12.3. The number of hydrogen-bond donors (Lipinski definition) is 1. The van der Waals surface area contributed by atoms with Crippen molar-refractivity contribution in [1.82, 2.24) is 5.32 Å². The molecule has 1 N–H and O–H groups in total. The predicted octanol–water partition coefficient (Wildman–Crippen LogP) is 2.64. The average molecular weight is 391 g/mol. The van der Waals surface area contributed by atoms with Crippen molar-refractivity contribution in [2.75, 3.05) is 6.79 Å². The lowest BCUT2D eigenvalue weighted by molar-refractivity contribution is -0.160. The fraction of sp³-hybridized carbons (Fsp3) is 0.765. The predicted molar refractivity (Wildman–Crippen MR) is 97.4 cm³/mol. The SMILES string of the molecule is CC(=O)N[C@@H](C(=O)OC(C)C)C(C)(C)SC(=O)OCOC(=O)C(C)(C)C. The van der Waals surface area contributed by atoms with Crippen molar-refractivity contribution in [2.24, 2.45) is 5.41 Å². The molecule has 9 heteroatoms. The van der Waals surface area contributed by atoms with Crippen molar-refractivity contribution in [3.63, 3.8) is 0 Å². The minimum absolute atomic E-state index is 0.372. The smallest absolute Gasteiger partial charge is 0.370 e. The van der Waals surface area contributed by atoms with Gasteiger partial charge in [-0.3, -0.25) is 9.59 Å². The van der Waals surface area contributed by atoms with Crippen molar-refractivity contribution in [3.8, 4) is 0 Å². The Hall–Kier alpha value is -1.77. The zero-order valence-electron chi connectivity index (χ0n) is 16.6. The van der Waals surface area contributed by atoms with Gasteiger partial charge in [-0.2, -0.15) is 0 Å². The molecule has 0 bridgehead atoms. The number of nitrogens with one attached hydrogen (secondary N) is 1. The lowest BCUT2D eigenvalue weighted by Crippen LogP contribution is -2.53. The third-order valence-electron chi connectivity index (χ3n) is 2.96. The van der Waals surface area contributed by atoms with E-state index in [9.17, 15) is 19.2 Å². The van der Waals surface area contributed by atoms with Crippen LogP contribution in [0.4, 0.5) is 4.79 Å². The summed E-state index contributed by atoms with van der Waals surface area (Å²) in [5, 5.41) is 1.75. The molecule has 0 saturated carbocycles. The molecule has 0 saturated heterocycles. The number of rotatable bonds is 7. The molecule has 150 valence electrons. The summed E-state index contributed by atoms with van der Waals surface area (Å²) < 4.78 is 13.8. The van der Waals surface area contributed by atoms with Crippen LogP contribution in [-0.2, 0) is 28.6 Å². The van der Waals surface area contributed by atoms with E-state index in [0.29, 0.717) is 11.8 Å². The van der Waals surface area contributed by atoms with E-state index in [1.54, 1.807) is 48.5 Å². The van der Waals surface area contributed by atoms with E-state index in [1.165, 1.54) is 6.92 Å². The molecule has 0 spiro atoms. The second kappa shape index (κ2) is 9.80. The first kappa shape index (κ1) is 24.2. The first-order valence-corrected chi connectivity index (χ1v) is 8.99. The molecule has 26 heavy (non-hydrogen) atoms. The third kappa shape index (κ3) is 9.07. The molecule has 8 nitrogen and oxygen atoms in total. The number of hydrogen-bond acceptors (Lipinski definition) is 8. The molecule has 0 aliphatic heterocycles. The van der Waals surface area contributed by atoms with Crippen molar-refractivity contribution < 1.29 is 33.4 Å². The quantitative estimate of drug-likeness (QED) is 0.521. The highest BCUT2D eigenvalue weighted by Crippen LogP contribution is 2.31. The topological polar surface area (TPSA) is 108 Å². The van der Waals surface area contributed by atoms with Crippen LogP contribution in [-0.4, -0.2) is 46.8 Å². The highest BCUT2D eigenvalue weighted by Gasteiger charge is 2.40. The summed E-state index contributed by atoms with van der Waals surface area (Å²) in [7, 11) is 0. The van der Waals surface area contributed by atoms with Gasteiger partial charge in [0.15, 0.2) is 0 Å². The maximum Gasteiger partial charge on any atom is 0.370 e. The monoisotopic (exact) mass is 391 g/mol. The van der Waals surface area contributed by atoms with E-state index in [1.807, 2.05) is 0 Å². The van der Waals surface area contributed by atoms with Gasteiger partial charge >= 0.3 is 17.2 Å². The lowest BCUT2D eigenvalue weighted by atomic mass is 9.98. The highest BCUT2D eigenvalue weighted by atomic mass is 32.2. The van der Waals surface area contributed by atoms with E-state index < -0.39 is 46.1 Å². The van der Waals surface area contributed by atoms with Crippen LogP contribution in [0.3, 0.4) is 0 Å². The molecule has 0 aromatic rings. The van der Waals surface area contributed by atoms with Gasteiger partial charge in [-0.05, 0) is 60.2 Å². The molecule has 0 aliphatic carbocycles. The van der Waals surface area contributed by atoms with Gasteiger partial charge in [0.2, 0.25) is 12.7 Å². The molecule has 0 aliphatic rings. The van der Waals surface area contributed by atoms with Gasteiger partial charge in [0.25, 0.3) is 0 Å². The molecule has 0 fully saturated rings. The minimum Gasteiger partial charge on any atom is -0.461 e. The maximum atomic E-state index is 12.3. The molecule has 0 aromatic heterocycles. The van der Waals surface area contributed by atoms with Gasteiger partial charge in [-0.25, -0.2) is 9.59 Å². The van der Waals surface area contributed by atoms with Crippen LogP contribution in [0.1, 0.15) is 55.4 Å². The third-order valence-corrected chi connectivity index (χ3v) is 4.00. The Morgan fingerprint density at radius 1 is 1.00 bits per heavy atom. The minimum atomic E-state index is -1.06. The lowest BCUT2D eigenvalue weighted by Gasteiger charge is -2.31. The Labute approximate surface area is 158 Å². The largest absolute Gasteiger partial charge is 0.461 e.